The second-order valence-corrected chi connectivity index (χ2v) is 6.70. The van der Waals surface area contributed by atoms with E-state index in [1.807, 2.05) is 19.1 Å². The maximum absolute atomic E-state index is 10.9. The molecule has 0 fully saturated rings. The van der Waals surface area contributed by atoms with E-state index in [1.165, 1.54) is 0 Å². The Morgan fingerprint density at radius 1 is 0.893 bits per heavy atom. The van der Waals surface area contributed by atoms with Crippen LogP contribution in [0, 0.1) is 0 Å². The van der Waals surface area contributed by atoms with Crippen LogP contribution in [0.1, 0.15) is 58.3 Å². The molecule has 8 nitrogen and oxygen atoms in total. The minimum absolute atomic E-state index is 0.0313. The molecule has 0 radical (unpaired) electrons. The first-order valence-electron chi connectivity index (χ1n) is 9.30. The van der Waals surface area contributed by atoms with Gasteiger partial charge in [-0.25, -0.2) is 0 Å². The Hall–Kier alpha value is -2.45. The van der Waals surface area contributed by atoms with Crippen molar-refractivity contribution >= 4 is 17.9 Å². The Morgan fingerprint density at radius 2 is 1.46 bits per heavy atom. The molecule has 0 spiro atoms. The van der Waals surface area contributed by atoms with Gasteiger partial charge in [-0.15, -0.1) is 0 Å². The van der Waals surface area contributed by atoms with Gasteiger partial charge >= 0.3 is 17.9 Å². The Labute approximate surface area is 165 Å². The zero-order chi connectivity index (χ0) is 21.7. The standard InChI is InChI=1S/C20H32N2O6/c1-3-14(10-11-17(22)20(27)28)12-15(7-5-9-18(23)24)13(2)6-4-8-16(21)19(25)26/h3,12,16-17H,2,4-11,21-22H2,1H3,(H,23,24)(H,25,26)(H,27,28)/b14-3-,15-12-. The summed E-state index contributed by atoms with van der Waals surface area (Å²) in [5.41, 5.74) is 13.6. The Bertz CT molecular complexity index is 624. The highest BCUT2D eigenvalue weighted by Gasteiger charge is 2.14. The smallest absolute Gasteiger partial charge is 0.320 e. The van der Waals surface area contributed by atoms with Crippen molar-refractivity contribution in [2.45, 2.75) is 70.4 Å². The van der Waals surface area contributed by atoms with Crippen molar-refractivity contribution in [3.63, 3.8) is 0 Å². The SMILES string of the molecule is C=C(CCCC(N)C(=O)O)/C(=C\C(=C/C)CCC(N)C(=O)O)CCCC(=O)O. The number of carbonyl (C=O) groups is 3. The van der Waals surface area contributed by atoms with Crippen LogP contribution in [0.3, 0.4) is 0 Å². The van der Waals surface area contributed by atoms with Crippen molar-refractivity contribution in [1.82, 2.24) is 0 Å². The van der Waals surface area contributed by atoms with Gasteiger partial charge in [0.15, 0.2) is 0 Å². The van der Waals surface area contributed by atoms with Crippen molar-refractivity contribution in [1.29, 1.82) is 0 Å². The van der Waals surface area contributed by atoms with Gasteiger partial charge in [0.05, 0.1) is 0 Å². The van der Waals surface area contributed by atoms with E-state index >= 15 is 0 Å². The molecule has 0 aliphatic heterocycles. The monoisotopic (exact) mass is 396 g/mol. The highest BCUT2D eigenvalue weighted by Crippen LogP contribution is 2.24. The van der Waals surface area contributed by atoms with Gasteiger partial charge in [-0.2, -0.15) is 0 Å². The van der Waals surface area contributed by atoms with Gasteiger partial charge in [-0.1, -0.05) is 29.9 Å². The first kappa shape index (κ1) is 25.6. The third kappa shape index (κ3) is 11.3. The van der Waals surface area contributed by atoms with Crippen LogP contribution in [0.25, 0.3) is 0 Å². The number of hydrogen-bond donors (Lipinski definition) is 5. The van der Waals surface area contributed by atoms with Gasteiger partial charge < -0.3 is 26.8 Å². The molecule has 0 bridgehead atoms. The zero-order valence-corrected chi connectivity index (χ0v) is 16.4. The van der Waals surface area contributed by atoms with Gasteiger partial charge in [0.2, 0.25) is 0 Å². The van der Waals surface area contributed by atoms with Crippen molar-refractivity contribution in [2.75, 3.05) is 0 Å². The molecular weight excluding hydrogens is 364 g/mol. The van der Waals surface area contributed by atoms with Crippen LogP contribution >= 0.6 is 0 Å². The largest absolute Gasteiger partial charge is 0.481 e. The molecule has 0 aliphatic carbocycles. The molecule has 0 amide bonds. The molecule has 0 aromatic heterocycles. The highest BCUT2D eigenvalue weighted by molar-refractivity contribution is 5.73. The summed E-state index contributed by atoms with van der Waals surface area (Å²) in [5, 5.41) is 26.6. The number of nitrogens with two attached hydrogens (primary N) is 2. The van der Waals surface area contributed by atoms with Crippen LogP contribution in [-0.2, 0) is 14.4 Å². The number of rotatable bonds is 15. The molecule has 0 saturated heterocycles. The topological polar surface area (TPSA) is 164 Å². The quantitative estimate of drug-likeness (QED) is 0.263. The van der Waals surface area contributed by atoms with E-state index in [-0.39, 0.29) is 12.8 Å². The Balaban J connectivity index is 5.06. The summed E-state index contributed by atoms with van der Waals surface area (Å²) in [4.78, 5) is 32.5. The fourth-order valence-electron chi connectivity index (χ4n) is 2.57. The Kier molecular flexibility index (Phi) is 12.5. The van der Waals surface area contributed by atoms with Gasteiger partial charge in [-0.3, -0.25) is 14.4 Å². The van der Waals surface area contributed by atoms with E-state index in [9.17, 15) is 14.4 Å². The fraction of sp³-hybridized carbons (Fsp3) is 0.550. The van der Waals surface area contributed by atoms with Crippen LogP contribution in [0.15, 0.2) is 35.5 Å². The van der Waals surface area contributed by atoms with Gasteiger partial charge in [0.1, 0.15) is 12.1 Å². The van der Waals surface area contributed by atoms with Crippen molar-refractivity contribution in [3.05, 3.63) is 35.5 Å². The lowest BCUT2D eigenvalue weighted by molar-refractivity contribution is -0.139. The molecule has 0 saturated carbocycles. The second kappa shape index (κ2) is 13.7. The summed E-state index contributed by atoms with van der Waals surface area (Å²) in [6.07, 6.45) is 6.93. The summed E-state index contributed by atoms with van der Waals surface area (Å²) >= 11 is 0. The van der Waals surface area contributed by atoms with Crippen LogP contribution in [0.4, 0.5) is 0 Å². The van der Waals surface area contributed by atoms with Crippen molar-refractivity contribution in [2.24, 2.45) is 11.5 Å². The lowest BCUT2D eigenvalue weighted by Gasteiger charge is -2.14. The molecule has 0 heterocycles. The van der Waals surface area contributed by atoms with E-state index in [1.54, 1.807) is 0 Å². The second-order valence-electron chi connectivity index (χ2n) is 6.70. The fourth-order valence-corrected chi connectivity index (χ4v) is 2.57. The van der Waals surface area contributed by atoms with E-state index in [0.29, 0.717) is 38.5 Å². The number of carboxylic acids is 3. The number of carboxylic acid groups (broad SMARTS) is 3. The summed E-state index contributed by atoms with van der Waals surface area (Å²) in [6, 6.07) is -1.87. The predicted molar refractivity (Wildman–Crippen MR) is 107 cm³/mol. The first-order valence-corrected chi connectivity index (χ1v) is 9.30. The summed E-state index contributed by atoms with van der Waals surface area (Å²) in [7, 11) is 0. The predicted octanol–water partition coefficient (Wildman–Crippen LogP) is 2.44. The normalized spacial score (nSPS) is 14.4. The molecule has 0 aliphatic rings. The number of hydrogen-bond acceptors (Lipinski definition) is 5. The minimum atomic E-state index is -1.06. The third-order valence-corrected chi connectivity index (χ3v) is 4.39. The van der Waals surface area contributed by atoms with E-state index < -0.39 is 30.0 Å². The first-order chi connectivity index (χ1) is 13.1. The van der Waals surface area contributed by atoms with Gasteiger partial charge in [0, 0.05) is 6.42 Å². The van der Waals surface area contributed by atoms with Crippen LogP contribution < -0.4 is 11.5 Å². The van der Waals surface area contributed by atoms with Gasteiger partial charge in [0.25, 0.3) is 0 Å². The van der Waals surface area contributed by atoms with Crippen LogP contribution in [0.2, 0.25) is 0 Å². The maximum Gasteiger partial charge on any atom is 0.320 e. The summed E-state index contributed by atoms with van der Waals surface area (Å²) in [6.45, 7) is 5.89. The molecule has 7 N–H and O–H groups in total. The third-order valence-electron chi connectivity index (χ3n) is 4.39. The summed E-state index contributed by atoms with van der Waals surface area (Å²) < 4.78 is 0. The average molecular weight is 396 g/mol. The summed E-state index contributed by atoms with van der Waals surface area (Å²) in [5.74, 6) is -2.98. The Morgan fingerprint density at radius 3 is 1.96 bits per heavy atom. The minimum Gasteiger partial charge on any atom is -0.481 e. The molecule has 2 atom stereocenters. The van der Waals surface area contributed by atoms with E-state index in [4.69, 9.17) is 26.8 Å². The highest BCUT2D eigenvalue weighted by atomic mass is 16.4. The molecule has 158 valence electrons. The van der Waals surface area contributed by atoms with Crippen molar-refractivity contribution in [3.8, 4) is 0 Å². The van der Waals surface area contributed by atoms with Crippen molar-refractivity contribution < 1.29 is 29.7 Å². The van der Waals surface area contributed by atoms with Crippen LogP contribution in [-0.4, -0.2) is 45.3 Å². The number of allylic oxidation sites excluding steroid dienone is 5. The van der Waals surface area contributed by atoms with Crippen LogP contribution in [0.5, 0.6) is 0 Å². The lowest BCUT2D eigenvalue weighted by Crippen LogP contribution is -2.29. The molecule has 0 aromatic carbocycles. The number of aliphatic carboxylic acids is 3. The van der Waals surface area contributed by atoms with E-state index in [0.717, 1.165) is 16.7 Å². The molecule has 2 unspecified atom stereocenters. The van der Waals surface area contributed by atoms with Gasteiger partial charge in [-0.05, 0) is 57.4 Å². The lowest BCUT2D eigenvalue weighted by atomic mass is 9.93. The molecule has 0 rings (SSSR count). The molecule has 0 aromatic rings. The zero-order valence-electron chi connectivity index (χ0n) is 16.4. The molecule has 8 heteroatoms. The molecule has 28 heavy (non-hydrogen) atoms. The van der Waals surface area contributed by atoms with E-state index in [2.05, 4.69) is 6.58 Å². The molecular formula is C20H32N2O6. The average Bonchev–Trinajstić information content (AvgIpc) is 2.62. The maximum atomic E-state index is 10.9.